The lowest BCUT2D eigenvalue weighted by molar-refractivity contribution is 0.103. The van der Waals surface area contributed by atoms with Crippen LogP contribution in [0.1, 0.15) is 53.6 Å². The molecule has 0 aliphatic heterocycles. The first-order valence-corrected chi connectivity index (χ1v) is 10.6. The van der Waals surface area contributed by atoms with E-state index in [1.54, 1.807) is 30.6 Å². The Morgan fingerprint density at radius 2 is 1.53 bits per heavy atom. The molecule has 0 radical (unpaired) electrons. The molecule has 0 saturated carbocycles. The molecule has 0 amide bonds. The number of nitrogens with one attached hydrogen (secondary N) is 3. The topological polar surface area (TPSA) is 111 Å². The molecule has 8 heteroatoms. The number of benzene rings is 2. The number of ketones is 1. The molecular formula is C26H23FN4O3. The number of aromatic amines is 3. The number of halogens is 1. The van der Waals surface area contributed by atoms with Gasteiger partial charge in [0.1, 0.15) is 16.5 Å². The van der Waals surface area contributed by atoms with E-state index in [4.69, 9.17) is 0 Å². The standard InChI is InChI=1S/C26H23FN4O3/c1-26(2,3)23-19(28-14-29-23)13-21-25(34)30-20(24(33)31-21)11-15-6-4-7-16(10-15)22(32)17-8-5-9-18(27)12-17/h4-14H,1-3H3,(H,28,29)(H,30,34)(H,31,33)/b20-11+,21-13-. The second-order valence-electron chi connectivity index (χ2n) is 8.90. The average Bonchev–Trinajstić information content (AvgIpc) is 3.26. The minimum Gasteiger partial charge on any atom is -0.348 e. The molecule has 2 aromatic carbocycles. The lowest BCUT2D eigenvalue weighted by atomic mass is 9.90. The fourth-order valence-electron chi connectivity index (χ4n) is 3.58. The van der Waals surface area contributed by atoms with E-state index in [9.17, 15) is 18.8 Å². The number of aromatic nitrogens is 4. The van der Waals surface area contributed by atoms with Crippen LogP contribution < -0.4 is 21.8 Å². The summed E-state index contributed by atoms with van der Waals surface area (Å²) in [6.45, 7) is 6.03. The summed E-state index contributed by atoms with van der Waals surface area (Å²) in [5.41, 5.74) is 1.27. The third kappa shape index (κ3) is 4.85. The van der Waals surface area contributed by atoms with Gasteiger partial charge in [0.25, 0.3) is 11.1 Å². The van der Waals surface area contributed by atoms with Gasteiger partial charge >= 0.3 is 0 Å². The number of rotatable bonds is 4. The van der Waals surface area contributed by atoms with Crippen LogP contribution in [-0.2, 0) is 5.41 Å². The molecule has 0 aliphatic carbocycles. The molecule has 0 fully saturated rings. The maximum Gasteiger partial charge on any atom is 0.272 e. The molecule has 7 nitrogen and oxygen atoms in total. The first-order chi connectivity index (χ1) is 16.1. The molecule has 3 N–H and O–H groups in total. The predicted octanol–water partition coefficient (Wildman–Crippen LogP) is 2.11. The van der Waals surface area contributed by atoms with Crippen molar-refractivity contribution < 1.29 is 9.18 Å². The third-order valence-electron chi connectivity index (χ3n) is 5.23. The van der Waals surface area contributed by atoms with Crippen LogP contribution in [0.3, 0.4) is 0 Å². The van der Waals surface area contributed by atoms with Gasteiger partial charge in [-0.05, 0) is 35.9 Å². The van der Waals surface area contributed by atoms with E-state index < -0.39 is 16.9 Å². The van der Waals surface area contributed by atoms with Crippen LogP contribution in [0, 0.1) is 5.82 Å². The quantitative estimate of drug-likeness (QED) is 0.407. The van der Waals surface area contributed by atoms with Crippen LogP contribution in [0.25, 0.3) is 12.2 Å². The molecular weight excluding hydrogens is 435 g/mol. The van der Waals surface area contributed by atoms with Crippen molar-refractivity contribution >= 4 is 17.9 Å². The third-order valence-corrected chi connectivity index (χ3v) is 5.23. The molecule has 0 atom stereocenters. The number of carbonyl (C=O) groups is 1. The molecule has 0 unspecified atom stereocenters. The highest BCUT2D eigenvalue weighted by molar-refractivity contribution is 6.09. The Morgan fingerprint density at radius 1 is 0.912 bits per heavy atom. The van der Waals surface area contributed by atoms with E-state index in [2.05, 4.69) is 19.9 Å². The van der Waals surface area contributed by atoms with Gasteiger partial charge in [-0.25, -0.2) is 9.37 Å². The van der Waals surface area contributed by atoms with Crippen molar-refractivity contribution in [2.24, 2.45) is 0 Å². The van der Waals surface area contributed by atoms with Crippen molar-refractivity contribution in [2.75, 3.05) is 0 Å². The molecule has 2 aromatic heterocycles. The zero-order valence-electron chi connectivity index (χ0n) is 18.9. The fraction of sp³-hybridized carbons (Fsp3) is 0.154. The van der Waals surface area contributed by atoms with Gasteiger partial charge in [-0.15, -0.1) is 0 Å². The molecule has 4 rings (SSSR count). The number of carbonyl (C=O) groups excluding carboxylic acids is 1. The highest BCUT2D eigenvalue weighted by atomic mass is 19.1. The monoisotopic (exact) mass is 458 g/mol. The molecule has 34 heavy (non-hydrogen) atoms. The summed E-state index contributed by atoms with van der Waals surface area (Å²) in [5.74, 6) is -0.852. The van der Waals surface area contributed by atoms with E-state index in [0.29, 0.717) is 16.8 Å². The largest absolute Gasteiger partial charge is 0.348 e. The van der Waals surface area contributed by atoms with Crippen LogP contribution in [0.2, 0.25) is 0 Å². The van der Waals surface area contributed by atoms with Crippen LogP contribution in [0.5, 0.6) is 0 Å². The number of hydrogen-bond donors (Lipinski definition) is 3. The lowest BCUT2D eigenvalue weighted by Gasteiger charge is -2.16. The summed E-state index contributed by atoms with van der Waals surface area (Å²) in [6, 6.07) is 12.0. The summed E-state index contributed by atoms with van der Waals surface area (Å²) in [7, 11) is 0. The summed E-state index contributed by atoms with van der Waals surface area (Å²) < 4.78 is 13.5. The highest BCUT2D eigenvalue weighted by Gasteiger charge is 2.19. The Morgan fingerprint density at radius 3 is 2.18 bits per heavy atom. The van der Waals surface area contributed by atoms with E-state index in [0.717, 1.165) is 5.69 Å². The Labute approximate surface area is 193 Å². The second kappa shape index (κ2) is 8.90. The average molecular weight is 458 g/mol. The van der Waals surface area contributed by atoms with E-state index in [1.165, 1.54) is 36.4 Å². The number of H-pyrrole nitrogens is 3. The second-order valence-corrected chi connectivity index (χ2v) is 8.90. The van der Waals surface area contributed by atoms with Crippen LogP contribution in [0.15, 0.2) is 64.4 Å². The molecule has 0 bridgehead atoms. The highest BCUT2D eigenvalue weighted by Crippen LogP contribution is 2.22. The number of imidazole rings is 1. The summed E-state index contributed by atoms with van der Waals surface area (Å²) >= 11 is 0. The van der Waals surface area contributed by atoms with E-state index in [-0.39, 0.29) is 27.5 Å². The Kier molecular flexibility index (Phi) is 5.98. The van der Waals surface area contributed by atoms with Crippen molar-refractivity contribution in [3.63, 3.8) is 0 Å². The van der Waals surface area contributed by atoms with Gasteiger partial charge in [-0.1, -0.05) is 51.1 Å². The smallest absolute Gasteiger partial charge is 0.272 e. The number of nitrogens with zero attached hydrogens (tertiary/aromatic N) is 1. The molecule has 0 aliphatic rings. The molecule has 4 aromatic rings. The van der Waals surface area contributed by atoms with Crippen molar-refractivity contribution in [3.8, 4) is 0 Å². The Bertz CT molecular complexity index is 1620. The van der Waals surface area contributed by atoms with Crippen LogP contribution in [-0.4, -0.2) is 25.7 Å². The van der Waals surface area contributed by atoms with Gasteiger partial charge in [0, 0.05) is 22.2 Å². The molecule has 2 heterocycles. The Balaban J connectivity index is 1.73. The first kappa shape index (κ1) is 22.8. The first-order valence-electron chi connectivity index (χ1n) is 10.6. The number of hydrogen-bond acceptors (Lipinski definition) is 4. The van der Waals surface area contributed by atoms with Crippen LogP contribution >= 0.6 is 0 Å². The van der Waals surface area contributed by atoms with Gasteiger partial charge < -0.3 is 15.0 Å². The zero-order valence-corrected chi connectivity index (χ0v) is 18.9. The Hall–Kier alpha value is -4.33. The molecule has 172 valence electrons. The van der Waals surface area contributed by atoms with Crippen molar-refractivity contribution in [3.05, 3.63) is 120 Å². The van der Waals surface area contributed by atoms with Crippen molar-refractivity contribution in [1.29, 1.82) is 0 Å². The fourth-order valence-corrected chi connectivity index (χ4v) is 3.58. The normalized spacial score (nSPS) is 12.8. The molecule has 0 saturated heterocycles. The van der Waals surface area contributed by atoms with Gasteiger partial charge in [-0.3, -0.25) is 14.4 Å². The molecule has 0 spiro atoms. The SMILES string of the molecule is CC(C)(C)c1[nH]cnc1/C=c1\[nH]c(=O)/c(=C\c2cccc(C(=O)c3cccc(F)c3)c2)[nH]c1=O. The minimum atomic E-state index is -0.501. The predicted molar refractivity (Wildman–Crippen MR) is 128 cm³/mol. The maximum atomic E-state index is 13.5. The van der Waals surface area contributed by atoms with Gasteiger partial charge in [-0.2, -0.15) is 0 Å². The van der Waals surface area contributed by atoms with E-state index >= 15 is 0 Å². The van der Waals surface area contributed by atoms with Crippen molar-refractivity contribution in [1.82, 2.24) is 19.9 Å². The maximum absolute atomic E-state index is 13.5. The zero-order chi connectivity index (χ0) is 24.5. The minimum absolute atomic E-state index is 0.0376. The van der Waals surface area contributed by atoms with Gasteiger partial charge in [0.2, 0.25) is 0 Å². The summed E-state index contributed by atoms with van der Waals surface area (Å²) in [4.78, 5) is 50.5. The van der Waals surface area contributed by atoms with E-state index in [1.807, 2.05) is 20.8 Å². The summed E-state index contributed by atoms with van der Waals surface area (Å²) in [5, 5.41) is 0.116. The summed E-state index contributed by atoms with van der Waals surface area (Å²) in [6.07, 6.45) is 4.54. The van der Waals surface area contributed by atoms with Gasteiger partial charge in [0.15, 0.2) is 5.78 Å². The van der Waals surface area contributed by atoms with Crippen LogP contribution in [0.4, 0.5) is 4.39 Å². The van der Waals surface area contributed by atoms with Crippen molar-refractivity contribution in [2.45, 2.75) is 26.2 Å². The van der Waals surface area contributed by atoms with Gasteiger partial charge in [0.05, 0.1) is 12.0 Å². The lowest BCUT2D eigenvalue weighted by Crippen LogP contribution is -2.46.